The Labute approximate surface area is 104 Å². The predicted molar refractivity (Wildman–Crippen MR) is 68.7 cm³/mol. The van der Waals surface area contributed by atoms with Crippen LogP contribution in [0.1, 0.15) is 39.0 Å². The summed E-state index contributed by atoms with van der Waals surface area (Å²) in [6, 6.07) is 0.0588. The van der Waals surface area contributed by atoms with Crippen molar-refractivity contribution in [2.45, 2.75) is 51.1 Å². The molecule has 2 aliphatic rings. The molecule has 17 heavy (non-hydrogen) atoms. The zero-order valence-corrected chi connectivity index (χ0v) is 10.9. The van der Waals surface area contributed by atoms with Crippen molar-refractivity contribution in [3.63, 3.8) is 0 Å². The van der Waals surface area contributed by atoms with E-state index in [1.807, 2.05) is 4.90 Å². The maximum Gasteiger partial charge on any atom is 0.239 e. The number of nitrogens with zero attached hydrogens (tertiary/aromatic N) is 2. The van der Waals surface area contributed by atoms with Crippen molar-refractivity contribution in [1.29, 1.82) is 0 Å². The minimum absolute atomic E-state index is 0.129. The van der Waals surface area contributed by atoms with E-state index in [-0.39, 0.29) is 11.9 Å². The predicted octanol–water partition coefficient (Wildman–Crippen LogP) is 0.811. The number of nitrogens with two attached hydrogens (primary N) is 1. The summed E-state index contributed by atoms with van der Waals surface area (Å²) >= 11 is 0. The molecule has 0 saturated carbocycles. The van der Waals surface area contributed by atoms with Crippen molar-refractivity contribution in [2.75, 3.05) is 26.2 Å². The number of hydrogen-bond donors (Lipinski definition) is 1. The maximum absolute atomic E-state index is 12.0. The fourth-order valence-corrected chi connectivity index (χ4v) is 3.02. The summed E-state index contributed by atoms with van der Waals surface area (Å²) in [7, 11) is 0. The molecule has 0 bridgehead atoms. The van der Waals surface area contributed by atoms with E-state index in [0.29, 0.717) is 6.04 Å². The van der Waals surface area contributed by atoms with Crippen LogP contribution in [0.4, 0.5) is 0 Å². The van der Waals surface area contributed by atoms with Gasteiger partial charge in [0.25, 0.3) is 0 Å². The van der Waals surface area contributed by atoms with Gasteiger partial charge in [-0.1, -0.05) is 6.42 Å². The number of rotatable bonds is 3. The molecule has 2 rings (SSSR count). The molecule has 2 fully saturated rings. The van der Waals surface area contributed by atoms with E-state index in [1.54, 1.807) is 6.92 Å². The fourth-order valence-electron chi connectivity index (χ4n) is 3.02. The number of hydrogen-bond acceptors (Lipinski definition) is 3. The lowest BCUT2D eigenvalue weighted by atomic mass is 10.1. The Balaban J connectivity index is 1.88. The third-order valence-corrected chi connectivity index (χ3v) is 3.97. The molecule has 2 N–H and O–H groups in total. The zero-order chi connectivity index (χ0) is 12.3. The highest BCUT2D eigenvalue weighted by Gasteiger charge is 2.31. The average molecular weight is 239 g/mol. The second-order valence-corrected chi connectivity index (χ2v) is 5.48. The highest BCUT2D eigenvalue weighted by atomic mass is 16.2. The Morgan fingerprint density at radius 2 is 1.94 bits per heavy atom. The monoisotopic (exact) mass is 239 g/mol. The second kappa shape index (κ2) is 5.83. The first kappa shape index (κ1) is 12.8. The van der Waals surface area contributed by atoms with Gasteiger partial charge in [0, 0.05) is 19.1 Å². The van der Waals surface area contributed by atoms with E-state index in [4.69, 9.17) is 5.73 Å². The van der Waals surface area contributed by atoms with Crippen LogP contribution in [0.2, 0.25) is 0 Å². The van der Waals surface area contributed by atoms with Crippen LogP contribution in [0.25, 0.3) is 0 Å². The van der Waals surface area contributed by atoms with Crippen LogP contribution in [0.5, 0.6) is 0 Å². The lowest BCUT2D eigenvalue weighted by Gasteiger charge is -2.33. The normalized spacial score (nSPS) is 28.4. The lowest BCUT2D eigenvalue weighted by molar-refractivity contribution is -0.133. The Bertz CT molecular complexity index is 261. The van der Waals surface area contributed by atoms with E-state index < -0.39 is 0 Å². The largest absolute Gasteiger partial charge is 0.337 e. The van der Waals surface area contributed by atoms with Crippen LogP contribution in [0.15, 0.2) is 0 Å². The molecule has 2 unspecified atom stereocenters. The average Bonchev–Trinajstić information content (AvgIpc) is 2.77. The first-order valence-electron chi connectivity index (χ1n) is 6.97. The Kier molecular flexibility index (Phi) is 4.40. The fraction of sp³-hybridized carbons (Fsp3) is 0.923. The summed E-state index contributed by atoms with van der Waals surface area (Å²) in [5.41, 5.74) is 5.71. The van der Waals surface area contributed by atoms with Crippen molar-refractivity contribution in [2.24, 2.45) is 5.73 Å². The molecule has 2 saturated heterocycles. The number of amides is 1. The van der Waals surface area contributed by atoms with Crippen molar-refractivity contribution >= 4 is 5.91 Å². The summed E-state index contributed by atoms with van der Waals surface area (Å²) in [6.07, 6.45) is 6.28. The van der Waals surface area contributed by atoms with Crippen molar-refractivity contribution in [3.8, 4) is 0 Å². The summed E-state index contributed by atoms with van der Waals surface area (Å²) in [4.78, 5) is 16.5. The SMILES string of the molecule is CC(N)C(=O)N1CCCC1CN1CCCCC1. The molecule has 2 aliphatic heterocycles. The highest BCUT2D eigenvalue weighted by Crippen LogP contribution is 2.20. The van der Waals surface area contributed by atoms with Crippen molar-refractivity contribution in [1.82, 2.24) is 9.80 Å². The maximum atomic E-state index is 12.0. The lowest BCUT2D eigenvalue weighted by Crippen LogP contribution is -2.49. The molecule has 0 aromatic rings. The van der Waals surface area contributed by atoms with E-state index in [9.17, 15) is 4.79 Å². The highest BCUT2D eigenvalue weighted by molar-refractivity contribution is 5.81. The van der Waals surface area contributed by atoms with Gasteiger partial charge in [-0.15, -0.1) is 0 Å². The van der Waals surface area contributed by atoms with E-state index in [1.165, 1.54) is 32.4 Å². The van der Waals surface area contributed by atoms with Crippen LogP contribution in [0, 0.1) is 0 Å². The molecule has 0 radical (unpaired) electrons. The quantitative estimate of drug-likeness (QED) is 0.793. The van der Waals surface area contributed by atoms with E-state index in [2.05, 4.69) is 4.90 Å². The topological polar surface area (TPSA) is 49.6 Å². The third kappa shape index (κ3) is 3.19. The summed E-state index contributed by atoms with van der Waals surface area (Å²) in [6.45, 7) is 6.16. The molecule has 4 nitrogen and oxygen atoms in total. The summed E-state index contributed by atoms with van der Waals surface area (Å²) in [5, 5.41) is 0. The zero-order valence-electron chi connectivity index (χ0n) is 10.9. The molecule has 0 aromatic carbocycles. The molecule has 98 valence electrons. The third-order valence-electron chi connectivity index (χ3n) is 3.97. The first-order valence-corrected chi connectivity index (χ1v) is 6.97. The van der Waals surface area contributed by atoms with Gasteiger partial charge >= 0.3 is 0 Å². The number of piperidine rings is 1. The van der Waals surface area contributed by atoms with Crippen LogP contribution in [-0.2, 0) is 4.79 Å². The van der Waals surface area contributed by atoms with Crippen molar-refractivity contribution in [3.05, 3.63) is 0 Å². The Morgan fingerprint density at radius 3 is 2.59 bits per heavy atom. The minimum atomic E-state index is -0.350. The van der Waals surface area contributed by atoms with Gasteiger partial charge in [-0.05, 0) is 45.7 Å². The standard InChI is InChI=1S/C13H25N3O/c1-11(14)13(17)16-9-5-6-12(16)10-15-7-3-2-4-8-15/h11-12H,2-10,14H2,1H3. The number of carbonyl (C=O) groups excluding carboxylic acids is 1. The first-order chi connectivity index (χ1) is 8.18. The molecule has 0 aliphatic carbocycles. The summed E-state index contributed by atoms with van der Waals surface area (Å²) < 4.78 is 0. The van der Waals surface area contributed by atoms with E-state index >= 15 is 0 Å². The second-order valence-electron chi connectivity index (χ2n) is 5.48. The van der Waals surface area contributed by atoms with Crippen LogP contribution in [0.3, 0.4) is 0 Å². The Morgan fingerprint density at radius 1 is 1.24 bits per heavy atom. The van der Waals surface area contributed by atoms with Gasteiger partial charge in [0.1, 0.15) is 0 Å². The van der Waals surface area contributed by atoms with Crippen LogP contribution < -0.4 is 5.73 Å². The molecular formula is C13H25N3O. The van der Waals surface area contributed by atoms with Gasteiger partial charge < -0.3 is 15.5 Å². The molecule has 2 atom stereocenters. The van der Waals surface area contributed by atoms with Gasteiger partial charge in [0.05, 0.1) is 6.04 Å². The van der Waals surface area contributed by atoms with Gasteiger partial charge in [-0.2, -0.15) is 0 Å². The molecule has 0 spiro atoms. The minimum Gasteiger partial charge on any atom is -0.337 e. The number of carbonyl (C=O) groups is 1. The Hall–Kier alpha value is -0.610. The molecule has 4 heteroatoms. The molecule has 2 heterocycles. The molecular weight excluding hydrogens is 214 g/mol. The van der Waals surface area contributed by atoms with Crippen LogP contribution in [-0.4, -0.2) is 54.0 Å². The summed E-state index contributed by atoms with van der Waals surface area (Å²) in [5.74, 6) is 0.129. The number of likely N-dealkylation sites (tertiary alicyclic amines) is 2. The van der Waals surface area contributed by atoms with Gasteiger partial charge in [0.2, 0.25) is 5.91 Å². The van der Waals surface area contributed by atoms with Crippen molar-refractivity contribution < 1.29 is 4.79 Å². The van der Waals surface area contributed by atoms with E-state index in [0.717, 1.165) is 25.9 Å². The van der Waals surface area contributed by atoms with Gasteiger partial charge in [-0.3, -0.25) is 4.79 Å². The van der Waals surface area contributed by atoms with Gasteiger partial charge in [-0.25, -0.2) is 0 Å². The molecule has 0 aromatic heterocycles. The smallest absolute Gasteiger partial charge is 0.239 e. The van der Waals surface area contributed by atoms with Gasteiger partial charge in [0.15, 0.2) is 0 Å². The van der Waals surface area contributed by atoms with Crippen LogP contribution >= 0.6 is 0 Å². The molecule has 1 amide bonds.